The van der Waals surface area contributed by atoms with E-state index in [4.69, 9.17) is 4.74 Å². The number of phenols is 1. The van der Waals surface area contributed by atoms with E-state index in [9.17, 15) is 9.50 Å². The molecule has 2 aromatic carbocycles. The van der Waals surface area contributed by atoms with Crippen LogP contribution in [0.15, 0.2) is 60.9 Å². The van der Waals surface area contributed by atoms with Crippen LogP contribution in [0.5, 0.6) is 11.5 Å². The molecule has 1 aliphatic rings. The van der Waals surface area contributed by atoms with Crippen molar-refractivity contribution in [1.82, 2.24) is 10.3 Å². The highest BCUT2D eigenvalue weighted by molar-refractivity contribution is 8.93. The second-order valence-corrected chi connectivity index (χ2v) is 6.79. The number of nitrogens with one attached hydrogen (secondary N) is 1. The first-order valence-electron chi connectivity index (χ1n) is 9.06. The molecule has 0 bridgehead atoms. The van der Waals surface area contributed by atoms with Gasteiger partial charge < -0.3 is 15.2 Å². The maximum atomic E-state index is 13.1. The van der Waals surface area contributed by atoms with E-state index in [1.54, 1.807) is 30.5 Å². The van der Waals surface area contributed by atoms with Gasteiger partial charge in [0, 0.05) is 37.1 Å². The summed E-state index contributed by atoms with van der Waals surface area (Å²) in [7, 11) is 0. The Balaban J connectivity index is 0.00000225. The molecule has 4 rings (SSSR count). The standard InChI is InChI=1S/C22H21FN2O2.BrH/c23-19-5-1-16(2-6-19)18-9-15(11-24-13-18)12-25-14-21-8-4-17-3-7-20(26)10-22(17)27-21;/h1-3,5-7,9-11,13,21,25-26H,4,8,12,14H2;1H. The molecule has 3 aromatic rings. The van der Waals surface area contributed by atoms with Gasteiger partial charge in [0.1, 0.15) is 23.4 Å². The van der Waals surface area contributed by atoms with Gasteiger partial charge in [-0.2, -0.15) is 0 Å². The van der Waals surface area contributed by atoms with Gasteiger partial charge >= 0.3 is 0 Å². The van der Waals surface area contributed by atoms with Crippen molar-refractivity contribution in [3.63, 3.8) is 0 Å². The van der Waals surface area contributed by atoms with Gasteiger partial charge in [-0.25, -0.2) is 4.39 Å². The first-order valence-corrected chi connectivity index (χ1v) is 9.06. The second-order valence-electron chi connectivity index (χ2n) is 6.79. The summed E-state index contributed by atoms with van der Waals surface area (Å²) in [6, 6.07) is 13.8. The molecule has 6 heteroatoms. The van der Waals surface area contributed by atoms with Gasteiger partial charge in [-0.3, -0.25) is 4.98 Å². The second kappa shape index (κ2) is 9.17. The lowest BCUT2D eigenvalue weighted by Gasteiger charge is -2.26. The smallest absolute Gasteiger partial charge is 0.126 e. The van der Waals surface area contributed by atoms with E-state index in [-0.39, 0.29) is 34.7 Å². The number of halogens is 2. The van der Waals surface area contributed by atoms with Crippen LogP contribution in [0.3, 0.4) is 0 Å². The van der Waals surface area contributed by atoms with Crippen LogP contribution < -0.4 is 10.1 Å². The Morgan fingerprint density at radius 3 is 2.71 bits per heavy atom. The van der Waals surface area contributed by atoms with Crippen molar-refractivity contribution in [1.29, 1.82) is 0 Å². The SMILES string of the molecule is Br.Oc1ccc2c(c1)OC(CNCc1cncc(-c3ccc(F)cc3)c1)CC2. The number of rotatable bonds is 5. The van der Waals surface area contributed by atoms with Crippen LogP contribution >= 0.6 is 17.0 Å². The zero-order chi connectivity index (χ0) is 18.6. The van der Waals surface area contributed by atoms with Crippen LogP contribution in [0.25, 0.3) is 11.1 Å². The average molecular weight is 445 g/mol. The highest BCUT2D eigenvalue weighted by atomic mass is 79.9. The van der Waals surface area contributed by atoms with Crippen LogP contribution in [0.2, 0.25) is 0 Å². The van der Waals surface area contributed by atoms with Crippen molar-refractivity contribution in [2.75, 3.05) is 6.54 Å². The molecule has 4 nitrogen and oxygen atoms in total. The molecule has 1 unspecified atom stereocenters. The number of hydrogen-bond donors (Lipinski definition) is 2. The molecule has 2 N–H and O–H groups in total. The molecule has 0 radical (unpaired) electrons. The molecule has 28 heavy (non-hydrogen) atoms. The third-order valence-electron chi connectivity index (χ3n) is 4.75. The molecule has 0 aliphatic carbocycles. The van der Waals surface area contributed by atoms with E-state index in [1.807, 2.05) is 12.3 Å². The predicted molar refractivity (Wildman–Crippen MR) is 113 cm³/mol. The van der Waals surface area contributed by atoms with Crippen LogP contribution in [0.1, 0.15) is 17.5 Å². The quantitative estimate of drug-likeness (QED) is 0.600. The van der Waals surface area contributed by atoms with E-state index < -0.39 is 0 Å². The van der Waals surface area contributed by atoms with Gasteiger partial charge in [0.05, 0.1) is 0 Å². The fourth-order valence-electron chi connectivity index (χ4n) is 3.32. The number of benzene rings is 2. The molecule has 1 aromatic heterocycles. The van der Waals surface area contributed by atoms with Gasteiger partial charge in [0.25, 0.3) is 0 Å². The van der Waals surface area contributed by atoms with Crippen LogP contribution in [-0.2, 0) is 13.0 Å². The van der Waals surface area contributed by atoms with Gasteiger partial charge in [-0.15, -0.1) is 17.0 Å². The highest BCUT2D eigenvalue weighted by Gasteiger charge is 2.19. The van der Waals surface area contributed by atoms with E-state index in [0.29, 0.717) is 6.54 Å². The summed E-state index contributed by atoms with van der Waals surface area (Å²) in [5.74, 6) is 0.756. The number of aryl methyl sites for hydroxylation is 1. The Labute approximate surface area is 174 Å². The summed E-state index contributed by atoms with van der Waals surface area (Å²) in [6.07, 6.45) is 5.58. The van der Waals surface area contributed by atoms with Gasteiger partial charge in [-0.05, 0) is 53.8 Å². The van der Waals surface area contributed by atoms with Crippen molar-refractivity contribution in [2.45, 2.75) is 25.5 Å². The fourth-order valence-corrected chi connectivity index (χ4v) is 3.32. The normalized spacial score (nSPS) is 15.2. The first-order chi connectivity index (χ1) is 13.2. The number of phenolic OH excluding ortho intramolecular Hbond substituents is 1. The summed E-state index contributed by atoms with van der Waals surface area (Å²) in [4.78, 5) is 4.30. The lowest BCUT2D eigenvalue weighted by atomic mass is 10.0. The largest absolute Gasteiger partial charge is 0.508 e. The molecule has 1 atom stereocenters. The highest BCUT2D eigenvalue weighted by Crippen LogP contribution is 2.30. The Morgan fingerprint density at radius 1 is 1.07 bits per heavy atom. The Kier molecular flexibility index (Phi) is 6.65. The van der Waals surface area contributed by atoms with Crippen molar-refractivity contribution in [3.05, 3.63) is 77.9 Å². The van der Waals surface area contributed by atoms with Crippen molar-refractivity contribution in [3.8, 4) is 22.6 Å². The van der Waals surface area contributed by atoms with E-state index in [2.05, 4.69) is 16.4 Å². The summed E-state index contributed by atoms with van der Waals surface area (Å²) in [5, 5.41) is 13.0. The lowest BCUT2D eigenvalue weighted by Crippen LogP contribution is -2.33. The van der Waals surface area contributed by atoms with Gasteiger partial charge in [0.15, 0.2) is 0 Å². The number of pyridine rings is 1. The molecule has 0 spiro atoms. The molecule has 0 fully saturated rings. The maximum absolute atomic E-state index is 13.1. The number of fused-ring (bicyclic) bond motifs is 1. The van der Waals surface area contributed by atoms with E-state index in [1.165, 1.54) is 12.1 Å². The fraction of sp³-hybridized carbons (Fsp3) is 0.227. The zero-order valence-electron chi connectivity index (χ0n) is 15.3. The minimum absolute atomic E-state index is 0. The lowest BCUT2D eigenvalue weighted by molar-refractivity contribution is 0.169. The van der Waals surface area contributed by atoms with E-state index >= 15 is 0 Å². The first kappa shape index (κ1) is 20.3. The summed E-state index contributed by atoms with van der Waals surface area (Å²) < 4.78 is 19.1. The predicted octanol–water partition coefficient (Wildman–Crippen LogP) is 4.65. The maximum Gasteiger partial charge on any atom is 0.126 e. The number of hydrogen-bond acceptors (Lipinski definition) is 4. The van der Waals surface area contributed by atoms with Crippen molar-refractivity contribution >= 4 is 17.0 Å². The van der Waals surface area contributed by atoms with Crippen LogP contribution in [0, 0.1) is 5.82 Å². The van der Waals surface area contributed by atoms with Crippen LogP contribution in [0.4, 0.5) is 4.39 Å². The van der Waals surface area contributed by atoms with Crippen molar-refractivity contribution in [2.24, 2.45) is 0 Å². The zero-order valence-corrected chi connectivity index (χ0v) is 17.0. The third-order valence-corrected chi connectivity index (χ3v) is 4.75. The monoisotopic (exact) mass is 444 g/mol. The number of ether oxygens (including phenoxy) is 1. The topological polar surface area (TPSA) is 54.4 Å². The minimum atomic E-state index is -0.244. The van der Waals surface area contributed by atoms with E-state index in [0.717, 1.165) is 47.4 Å². The molecular weight excluding hydrogens is 423 g/mol. The molecule has 0 saturated carbocycles. The summed E-state index contributed by atoms with van der Waals surface area (Å²) >= 11 is 0. The summed E-state index contributed by atoms with van der Waals surface area (Å²) in [6.45, 7) is 1.39. The average Bonchev–Trinajstić information content (AvgIpc) is 2.68. The third kappa shape index (κ3) is 4.88. The Bertz CT molecular complexity index is 934. The molecule has 2 heterocycles. The Morgan fingerprint density at radius 2 is 1.89 bits per heavy atom. The number of nitrogens with zero attached hydrogens (tertiary/aromatic N) is 1. The van der Waals surface area contributed by atoms with Gasteiger partial charge in [0.2, 0.25) is 0 Å². The van der Waals surface area contributed by atoms with Crippen molar-refractivity contribution < 1.29 is 14.2 Å². The minimum Gasteiger partial charge on any atom is -0.508 e. The number of aromatic hydroxyl groups is 1. The number of aromatic nitrogens is 1. The molecule has 0 saturated heterocycles. The molecule has 0 amide bonds. The molecule has 1 aliphatic heterocycles. The molecular formula is C22H22BrFN2O2. The summed E-state index contributed by atoms with van der Waals surface area (Å²) in [5.41, 5.74) is 4.11. The van der Waals surface area contributed by atoms with Gasteiger partial charge in [-0.1, -0.05) is 18.2 Å². The Hall–Kier alpha value is -2.44. The molecule has 146 valence electrons. The van der Waals surface area contributed by atoms with Crippen LogP contribution in [-0.4, -0.2) is 22.7 Å².